The highest BCUT2D eigenvalue weighted by Crippen LogP contribution is 2.20. The highest BCUT2D eigenvalue weighted by Gasteiger charge is 2.05. The summed E-state index contributed by atoms with van der Waals surface area (Å²) in [6.07, 6.45) is 1.59. The number of aromatic nitrogens is 1. The molecule has 0 aliphatic rings. The van der Waals surface area contributed by atoms with Gasteiger partial charge in [-0.3, -0.25) is 0 Å². The van der Waals surface area contributed by atoms with Gasteiger partial charge in [0.05, 0.1) is 11.1 Å². The minimum absolute atomic E-state index is 0.122. The molecule has 0 aliphatic carbocycles. The summed E-state index contributed by atoms with van der Waals surface area (Å²) in [5.74, 6) is -0.00870. The van der Waals surface area contributed by atoms with E-state index in [2.05, 4.69) is 20.9 Å². The van der Waals surface area contributed by atoms with Crippen molar-refractivity contribution in [1.29, 1.82) is 0 Å². The van der Waals surface area contributed by atoms with Gasteiger partial charge in [0.15, 0.2) is 6.61 Å². The smallest absolute Gasteiger partial charge is 0.344 e. The maximum absolute atomic E-state index is 10.9. The molecular formula is C9H10BrNO3. The lowest BCUT2D eigenvalue weighted by Gasteiger charge is -2.05. The first-order valence-electron chi connectivity index (χ1n) is 4.13. The van der Waals surface area contributed by atoms with Crippen molar-refractivity contribution in [3.05, 3.63) is 22.8 Å². The molecule has 76 valence electrons. The lowest BCUT2D eigenvalue weighted by Crippen LogP contribution is -2.15. The van der Waals surface area contributed by atoms with Gasteiger partial charge in [-0.05, 0) is 35.0 Å². The summed E-state index contributed by atoms with van der Waals surface area (Å²) in [6, 6.07) is 3.55. The van der Waals surface area contributed by atoms with Crippen molar-refractivity contribution in [2.75, 3.05) is 13.2 Å². The van der Waals surface area contributed by atoms with Crippen molar-refractivity contribution < 1.29 is 14.3 Å². The highest BCUT2D eigenvalue weighted by atomic mass is 79.9. The Morgan fingerprint density at radius 3 is 3.07 bits per heavy atom. The summed E-state index contributed by atoms with van der Waals surface area (Å²) < 4.78 is 10.5. The standard InChI is InChI=1S/C9H10BrNO3/c1-2-13-8(12)6-14-9-7(10)4-3-5-11-9/h3-5H,2,6H2,1H3. The first-order valence-corrected chi connectivity index (χ1v) is 4.92. The predicted molar refractivity (Wildman–Crippen MR) is 54.1 cm³/mol. The van der Waals surface area contributed by atoms with Crippen molar-refractivity contribution >= 4 is 21.9 Å². The van der Waals surface area contributed by atoms with E-state index in [-0.39, 0.29) is 6.61 Å². The molecule has 1 aromatic heterocycles. The van der Waals surface area contributed by atoms with Crippen LogP contribution in [0, 0.1) is 0 Å². The van der Waals surface area contributed by atoms with Gasteiger partial charge in [0.2, 0.25) is 5.88 Å². The molecule has 1 aromatic rings. The minimum atomic E-state index is -0.398. The third-order valence-corrected chi connectivity index (χ3v) is 1.96. The van der Waals surface area contributed by atoms with E-state index in [9.17, 15) is 4.79 Å². The lowest BCUT2D eigenvalue weighted by molar-refractivity contribution is -0.145. The van der Waals surface area contributed by atoms with Crippen molar-refractivity contribution in [2.24, 2.45) is 0 Å². The molecule has 4 nitrogen and oxygen atoms in total. The van der Waals surface area contributed by atoms with Crippen LogP contribution in [0.1, 0.15) is 6.92 Å². The molecule has 14 heavy (non-hydrogen) atoms. The average Bonchev–Trinajstić information content (AvgIpc) is 2.17. The van der Waals surface area contributed by atoms with Crippen LogP contribution >= 0.6 is 15.9 Å². The van der Waals surface area contributed by atoms with Crippen LogP contribution in [0.4, 0.5) is 0 Å². The number of rotatable bonds is 4. The molecule has 0 aromatic carbocycles. The third-order valence-electron chi connectivity index (χ3n) is 1.36. The van der Waals surface area contributed by atoms with Gasteiger partial charge >= 0.3 is 5.97 Å². The van der Waals surface area contributed by atoms with Gasteiger partial charge in [-0.1, -0.05) is 0 Å². The lowest BCUT2D eigenvalue weighted by atomic mass is 10.5. The van der Waals surface area contributed by atoms with Crippen molar-refractivity contribution in [2.45, 2.75) is 6.92 Å². The zero-order chi connectivity index (χ0) is 10.4. The fraction of sp³-hybridized carbons (Fsp3) is 0.333. The van der Waals surface area contributed by atoms with Crippen LogP contribution in [0.15, 0.2) is 22.8 Å². The molecular weight excluding hydrogens is 250 g/mol. The van der Waals surface area contributed by atoms with Crippen molar-refractivity contribution in [1.82, 2.24) is 4.98 Å². The monoisotopic (exact) mass is 259 g/mol. The van der Waals surface area contributed by atoms with Gasteiger partial charge in [-0.25, -0.2) is 9.78 Å². The SMILES string of the molecule is CCOC(=O)COc1ncccc1Br. The summed E-state index contributed by atoms with van der Waals surface area (Å²) in [4.78, 5) is 14.9. The molecule has 0 saturated carbocycles. The second-order valence-corrected chi connectivity index (χ2v) is 3.24. The summed E-state index contributed by atoms with van der Waals surface area (Å²) in [5.41, 5.74) is 0. The molecule has 0 amide bonds. The van der Waals surface area contributed by atoms with Gasteiger partial charge in [0.25, 0.3) is 0 Å². The molecule has 0 radical (unpaired) electrons. The number of ether oxygens (including phenoxy) is 2. The van der Waals surface area contributed by atoms with E-state index in [0.29, 0.717) is 17.0 Å². The molecule has 0 N–H and O–H groups in total. The van der Waals surface area contributed by atoms with E-state index in [1.807, 2.05) is 0 Å². The third kappa shape index (κ3) is 3.33. The summed E-state index contributed by atoms with van der Waals surface area (Å²) in [6.45, 7) is 1.98. The molecule has 1 heterocycles. The Kier molecular flexibility index (Phi) is 4.39. The molecule has 0 unspecified atom stereocenters. The van der Waals surface area contributed by atoms with Crippen molar-refractivity contribution in [3.8, 4) is 5.88 Å². The van der Waals surface area contributed by atoms with Gasteiger partial charge in [0.1, 0.15) is 0 Å². The van der Waals surface area contributed by atoms with Gasteiger partial charge in [-0.15, -0.1) is 0 Å². The average molecular weight is 260 g/mol. The number of nitrogens with zero attached hydrogens (tertiary/aromatic N) is 1. The van der Waals surface area contributed by atoms with Gasteiger partial charge in [0, 0.05) is 6.20 Å². The Hall–Kier alpha value is -1.10. The highest BCUT2D eigenvalue weighted by molar-refractivity contribution is 9.10. The predicted octanol–water partition coefficient (Wildman–Crippen LogP) is 1.79. The molecule has 0 fully saturated rings. The maximum Gasteiger partial charge on any atom is 0.344 e. The van der Waals surface area contributed by atoms with E-state index in [1.54, 1.807) is 25.3 Å². The number of esters is 1. The first kappa shape index (κ1) is 11.0. The molecule has 0 aliphatic heterocycles. The van der Waals surface area contributed by atoms with E-state index in [1.165, 1.54) is 0 Å². The number of carbonyl (C=O) groups is 1. The fourth-order valence-electron chi connectivity index (χ4n) is 0.807. The van der Waals surface area contributed by atoms with Crippen LogP contribution < -0.4 is 4.74 Å². The maximum atomic E-state index is 10.9. The summed E-state index contributed by atoms with van der Waals surface area (Å²) in [7, 11) is 0. The van der Waals surface area contributed by atoms with E-state index >= 15 is 0 Å². The zero-order valence-electron chi connectivity index (χ0n) is 7.70. The molecule has 0 atom stereocenters. The Morgan fingerprint density at radius 2 is 2.43 bits per heavy atom. The molecule has 1 rings (SSSR count). The molecule has 0 spiro atoms. The number of carbonyl (C=O) groups excluding carboxylic acids is 1. The normalized spacial score (nSPS) is 9.57. The largest absolute Gasteiger partial charge is 0.465 e. The second-order valence-electron chi connectivity index (χ2n) is 2.38. The van der Waals surface area contributed by atoms with Crippen LogP contribution in [-0.4, -0.2) is 24.2 Å². The van der Waals surface area contributed by atoms with E-state index in [4.69, 9.17) is 9.47 Å². The first-order chi connectivity index (χ1) is 6.74. The minimum Gasteiger partial charge on any atom is -0.465 e. The van der Waals surface area contributed by atoms with Crippen LogP contribution in [-0.2, 0) is 9.53 Å². The summed E-state index contributed by atoms with van der Waals surface area (Å²) in [5, 5.41) is 0. The molecule has 5 heteroatoms. The Balaban J connectivity index is 2.46. The fourth-order valence-corrected chi connectivity index (χ4v) is 1.18. The number of halogens is 1. The van der Waals surface area contributed by atoms with Gasteiger partial charge < -0.3 is 9.47 Å². The van der Waals surface area contributed by atoms with Crippen LogP contribution in [0.25, 0.3) is 0 Å². The van der Waals surface area contributed by atoms with Gasteiger partial charge in [-0.2, -0.15) is 0 Å². The second kappa shape index (κ2) is 5.59. The Labute approximate surface area is 90.4 Å². The molecule has 0 saturated heterocycles. The zero-order valence-corrected chi connectivity index (χ0v) is 9.28. The number of hydrogen-bond donors (Lipinski definition) is 0. The van der Waals surface area contributed by atoms with E-state index in [0.717, 1.165) is 0 Å². The molecule has 0 bridgehead atoms. The van der Waals surface area contributed by atoms with Crippen LogP contribution in [0.2, 0.25) is 0 Å². The topological polar surface area (TPSA) is 48.4 Å². The van der Waals surface area contributed by atoms with Crippen molar-refractivity contribution in [3.63, 3.8) is 0 Å². The van der Waals surface area contributed by atoms with E-state index < -0.39 is 5.97 Å². The number of hydrogen-bond acceptors (Lipinski definition) is 4. The summed E-state index contributed by atoms with van der Waals surface area (Å²) >= 11 is 3.25. The Bertz CT molecular complexity index is 317. The number of pyridine rings is 1. The van der Waals surface area contributed by atoms with Crippen LogP contribution in [0.5, 0.6) is 5.88 Å². The quantitative estimate of drug-likeness (QED) is 0.774. The van der Waals surface area contributed by atoms with Crippen LogP contribution in [0.3, 0.4) is 0 Å². The Morgan fingerprint density at radius 1 is 1.64 bits per heavy atom.